The van der Waals surface area contributed by atoms with Gasteiger partial charge in [-0.05, 0) is 18.2 Å². The van der Waals surface area contributed by atoms with Crippen molar-refractivity contribution in [3.05, 3.63) is 52.7 Å². The molecule has 0 atom stereocenters. The number of benzene rings is 1. The molecule has 5 nitrogen and oxygen atoms in total. The number of halogens is 1. The van der Waals surface area contributed by atoms with E-state index in [9.17, 15) is 9.59 Å². The molecule has 0 amide bonds. The van der Waals surface area contributed by atoms with Crippen LogP contribution in [0.1, 0.15) is 20.7 Å². The fourth-order valence-corrected chi connectivity index (χ4v) is 1.71. The van der Waals surface area contributed by atoms with Crippen LogP contribution in [-0.2, 0) is 0 Å². The topological polar surface area (TPSA) is 87.5 Å². The molecule has 0 aliphatic heterocycles. The van der Waals surface area contributed by atoms with Gasteiger partial charge in [0.25, 0.3) is 0 Å². The van der Waals surface area contributed by atoms with Crippen molar-refractivity contribution in [3.63, 3.8) is 0 Å². The number of nitrogens with zero attached hydrogens (tertiary/aromatic N) is 1. The summed E-state index contributed by atoms with van der Waals surface area (Å²) in [4.78, 5) is 25.9. The van der Waals surface area contributed by atoms with E-state index in [2.05, 4.69) is 4.98 Å². The number of hydrogen-bond donors (Lipinski definition) is 2. The molecule has 1 aromatic carbocycles. The van der Waals surface area contributed by atoms with Crippen molar-refractivity contribution in [2.24, 2.45) is 0 Å². The van der Waals surface area contributed by atoms with Crippen LogP contribution in [0.2, 0.25) is 5.02 Å². The van der Waals surface area contributed by atoms with E-state index in [0.29, 0.717) is 16.3 Å². The van der Waals surface area contributed by atoms with Crippen molar-refractivity contribution in [1.82, 2.24) is 4.98 Å². The SMILES string of the molecule is O=C(O)c1cnc(-c2ccc(Cl)cc2)cc1C(=O)O. The molecule has 0 saturated carbocycles. The quantitative estimate of drug-likeness (QED) is 0.901. The Kier molecular flexibility index (Phi) is 3.48. The van der Waals surface area contributed by atoms with Gasteiger partial charge in [-0.1, -0.05) is 23.7 Å². The van der Waals surface area contributed by atoms with Gasteiger partial charge in [0.15, 0.2) is 0 Å². The van der Waals surface area contributed by atoms with Crippen LogP contribution < -0.4 is 0 Å². The van der Waals surface area contributed by atoms with Gasteiger partial charge in [-0.15, -0.1) is 0 Å². The zero-order valence-electron chi connectivity index (χ0n) is 9.50. The predicted octanol–water partition coefficient (Wildman–Crippen LogP) is 2.80. The number of rotatable bonds is 3. The Morgan fingerprint density at radius 3 is 2.11 bits per heavy atom. The fraction of sp³-hybridized carbons (Fsp3) is 0. The van der Waals surface area contributed by atoms with Gasteiger partial charge in [0, 0.05) is 16.8 Å². The fourth-order valence-electron chi connectivity index (χ4n) is 1.58. The van der Waals surface area contributed by atoms with Gasteiger partial charge in [-0.3, -0.25) is 4.98 Å². The molecule has 1 heterocycles. The third-order valence-corrected chi connectivity index (χ3v) is 2.76. The molecule has 2 N–H and O–H groups in total. The highest BCUT2D eigenvalue weighted by atomic mass is 35.5. The average molecular weight is 278 g/mol. The highest BCUT2D eigenvalue weighted by molar-refractivity contribution is 6.30. The first-order valence-electron chi connectivity index (χ1n) is 5.21. The maximum atomic E-state index is 11.1. The van der Waals surface area contributed by atoms with Crippen molar-refractivity contribution >= 4 is 23.5 Å². The molecule has 0 aliphatic rings. The van der Waals surface area contributed by atoms with Gasteiger partial charge in [0.1, 0.15) is 0 Å². The van der Waals surface area contributed by atoms with Crippen LogP contribution in [0.15, 0.2) is 36.5 Å². The lowest BCUT2D eigenvalue weighted by Gasteiger charge is -2.05. The standard InChI is InChI=1S/C13H8ClNO4/c14-8-3-1-7(2-4-8)11-5-9(12(16)17)10(6-15-11)13(18)19/h1-6H,(H,16,17)(H,18,19). The second-order valence-corrected chi connectivity index (χ2v) is 4.17. The second kappa shape index (κ2) is 5.07. The van der Waals surface area contributed by atoms with Crippen molar-refractivity contribution in [1.29, 1.82) is 0 Å². The van der Waals surface area contributed by atoms with Crippen LogP contribution in [0.3, 0.4) is 0 Å². The summed E-state index contributed by atoms with van der Waals surface area (Å²) in [6, 6.07) is 7.87. The average Bonchev–Trinajstić information content (AvgIpc) is 2.38. The smallest absolute Gasteiger partial charge is 0.338 e. The van der Waals surface area contributed by atoms with Gasteiger partial charge >= 0.3 is 11.9 Å². The summed E-state index contributed by atoms with van der Waals surface area (Å²) in [5.41, 5.74) is 0.389. The van der Waals surface area contributed by atoms with Crippen LogP contribution in [-0.4, -0.2) is 27.1 Å². The minimum Gasteiger partial charge on any atom is -0.478 e. The lowest BCUT2D eigenvalue weighted by molar-refractivity contribution is 0.0651. The number of carbonyl (C=O) groups is 2. The van der Waals surface area contributed by atoms with Crippen molar-refractivity contribution < 1.29 is 19.8 Å². The Hall–Kier alpha value is -2.40. The normalized spacial score (nSPS) is 10.2. The van der Waals surface area contributed by atoms with Crippen LogP contribution in [0.5, 0.6) is 0 Å². The Morgan fingerprint density at radius 2 is 1.58 bits per heavy atom. The van der Waals surface area contributed by atoms with Gasteiger partial charge in [0.2, 0.25) is 0 Å². The largest absolute Gasteiger partial charge is 0.478 e. The number of aromatic nitrogens is 1. The van der Waals surface area contributed by atoms with Crippen molar-refractivity contribution in [2.75, 3.05) is 0 Å². The third-order valence-electron chi connectivity index (χ3n) is 2.50. The van der Waals surface area contributed by atoms with Crippen LogP contribution in [0, 0.1) is 0 Å². The molecule has 0 saturated heterocycles. The van der Waals surface area contributed by atoms with E-state index in [1.165, 1.54) is 6.07 Å². The van der Waals surface area contributed by atoms with Gasteiger partial charge in [-0.2, -0.15) is 0 Å². The van der Waals surface area contributed by atoms with E-state index in [0.717, 1.165) is 6.20 Å². The summed E-state index contributed by atoms with van der Waals surface area (Å²) in [5, 5.41) is 18.5. The molecular weight excluding hydrogens is 270 g/mol. The van der Waals surface area contributed by atoms with E-state index in [1.807, 2.05) is 0 Å². The highest BCUT2D eigenvalue weighted by Crippen LogP contribution is 2.22. The zero-order valence-corrected chi connectivity index (χ0v) is 10.3. The molecule has 19 heavy (non-hydrogen) atoms. The number of carboxylic acid groups (broad SMARTS) is 2. The molecule has 0 fully saturated rings. The molecule has 0 aliphatic carbocycles. The predicted molar refractivity (Wildman–Crippen MR) is 68.6 cm³/mol. The van der Waals surface area contributed by atoms with Crippen LogP contribution in [0.25, 0.3) is 11.3 Å². The maximum Gasteiger partial charge on any atom is 0.338 e. The molecule has 6 heteroatoms. The molecular formula is C13H8ClNO4. The zero-order chi connectivity index (χ0) is 14.0. The maximum absolute atomic E-state index is 11.1. The first-order valence-corrected chi connectivity index (χ1v) is 5.59. The molecule has 0 radical (unpaired) electrons. The van der Waals surface area contributed by atoms with E-state index < -0.39 is 11.9 Å². The summed E-state index contributed by atoms with van der Waals surface area (Å²) in [5.74, 6) is -2.64. The molecule has 2 rings (SSSR count). The van der Waals surface area contributed by atoms with E-state index in [-0.39, 0.29) is 11.1 Å². The molecule has 0 unspecified atom stereocenters. The van der Waals surface area contributed by atoms with Crippen molar-refractivity contribution in [3.8, 4) is 11.3 Å². The lowest BCUT2D eigenvalue weighted by atomic mass is 10.1. The summed E-state index contributed by atoms with van der Waals surface area (Å²) in [7, 11) is 0. The number of carboxylic acids is 2. The first kappa shape index (κ1) is 13.0. The summed E-state index contributed by atoms with van der Waals surface area (Å²) >= 11 is 5.76. The molecule has 0 bridgehead atoms. The summed E-state index contributed by atoms with van der Waals surface area (Å²) in [6.07, 6.45) is 1.04. The summed E-state index contributed by atoms with van der Waals surface area (Å²) < 4.78 is 0. The second-order valence-electron chi connectivity index (χ2n) is 3.73. The number of pyridine rings is 1. The van der Waals surface area contributed by atoms with E-state index in [1.54, 1.807) is 24.3 Å². The van der Waals surface area contributed by atoms with Crippen LogP contribution in [0.4, 0.5) is 0 Å². The monoisotopic (exact) mass is 277 g/mol. The lowest BCUT2D eigenvalue weighted by Crippen LogP contribution is -2.09. The summed E-state index contributed by atoms with van der Waals surface area (Å²) in [6.45, 7) is 0. The van der Waals surface area contributed by atoms with E-state index in [4.69, 9.17) is 21.8 Å². The Balaban J connectivity index is 2.55. The molecule has 0 spiro atoms. The number of hydrogen-bond acceptors (Lipinski definition) is 3. The minimum atomic E-state index is -1.33. The third kappa shape index (κ3) is 2.71. The van der Waals surface area contributed by atoms with Crippen molar-refractivity contribution in [2.45, 2.75) is 0 Å². The Labute approximate surface area is 113 Å². The van der Waals surface area contributed by atoms with Gasteiger partial charge in [-0.25, -0.2) is 9.59 Å². The Bertz CT molecular complexity index is 652. The number of aromatic carboxylic acids is 2. The minimum absolute atomic E-state index is 0.299. The molecule has 96 valence electrons. The highest BCUT2D eigenvalue weighted by Gasteiger charge is 2.17. The molecule has 2 aromatic rings. The van der Waals surface area contributed by atoms with E-state index >= 15 is 0 Å². The molecule has 1 aromatic heterocycles. The van der Waals surface area contributed by atoms with Crippen LogP contribution >= 0.6 is 11.6 Å². The Morgan fingerprint density at radius 1 is 1.00 bits per heavy atom. The van der Waals surface area contributed by atoms with Gasteiger partial charge < -0.3 is 10.2 Å². The van der Waals surface area contributed by atoms with Gasteiger partial charge in [0.05, 0.1) is 16.8 Å². The first-order chi connectivity index (χ1) is 8.99.